The third-order valence-electron chi connectivity index (χ3n) is 6.69. The van der Waals surface area contributed by atoms with Crippen LogP contribution in [0, 0.1) is 12.7 Å². The molecule has 2 heterocycles. The third-order valence-corrected chi connectivity index (χ3v) is 8.74. The SMILES string of the molecule is COC(c1ccc(C)cc1N1C(=O)CSC1=NC(=O)Nc1ccc(-c2ncn(-c3ccc(S(=O)C(F)(F)F)cc3)n2)cc1F)C(F)(F)F. The number of alkyl halides is 6. The summed E-state index contributed by atoms with van der Waals surface area (Å²) in [6.07, 6.45) is -5.95. The number of hydrogen-bond acceptors (Lipinski definition) is 7. The van der Waals surface area contributed by atoms with Crippen LogP contribution in [0.2, 0.25) is 0 Å². The van der Waals surface area contributed by atoms with Gasteiger partial charge in [0.05, 0.1) is 22.8 Å². The number of anilines is 2. The summed E-state index contributed by atoms with van der Waals surface area (Å²) in [6.45, 7) is 1.61. The number of aliphatic imine (C=N–C) groups is 1. The van der Waals surface area contributed by atoms with Crippen LogP contribution in [0.4, 0.5) is 46.9 Å². The molecule has 2 unspecified atom stereocenters. The summed E-state index contributed by atoms with van der Waals surface area (Å²) in [5.74, 6) is -1.76. The van der Waals surface area contributed by atoms with Crippen molar-refractivity contribution in [2.24, 2.45) is 4.99 Å². The minimum atomic E-state index is -4.92. The molecule has 1 fully saturated rings. The predicted molar refractivity (Wildman–Crippen MR) is 163 cm³/mol. The van der Waals surface area contributed by atoms with E-state index in [0.717, 1.165) is 42.0 Å². The van der Waals surface area contributed by atoms with Gasteiger partial charge in [-0.3, -0.25) is 9.69 Å². The predicted octanol–water partition coefficient (Wildman–Crippen LogP) is 6.93. The number of aryl methyl sites for hydroxylation is 1. The normalized spacial score (nSPS) is 16.0. The van der Waals surface area contributed by atoms with Gasteiger partial charge in [0.15, 0.2) is 27.9 Å². The number of urea groups is 1. The van der Waals surface area contributed by atoms with Crippen molar-refractivity contribution in [2.75, 3.05) is 23.1 Å². The minimum absolute atomic E-state index is 0.0219. The van der Waals surface area contributed by atoms with E-state index in [9.17, 15) is 40.1 Å². The van der Waals surface area contributed by atoms with Crippen molar-refractivity contribution >= 4 is 51.0 Å². The number of amides is 3. The van der Waals surface area contributed by atoms with Gasteiger partial charge in [-0.05, 0) is 61.0 Å². The lowest BCUT2D eigenvalue weighted by Gasteiger charge is -2.26. The van der Waals surface area contributed by atoms with E-state index in [0.29, 0.717) is 5.56 Å². The van der Waals surface area contributed by atoms with Crippen molar-refractivity contribution in [3.05, 3.63) is 83.9 Å². The summed E-state index contributed by atoms with van der Waals surface area (Å²) in [7, 11) is -2.33. The Morgan fingerprint density at radius 3 is 2.40 bits per heavy atom. The number of benzene rings is 3. The highest BCUT2D eigenvalue weighted by Gasteiger charge is 2.44. The monoisotopic (exact) mass is 714 g/mol. The maximum Gasteiger partial charge on any atom is 0.475 e. The summed E-state index contributed by atoms with van der Waals surface area (Å²) in [6, 6.07) is 10.9. The number of rotatable bonds is 7. The molecule has 0 aliphatic carbocycles. The van der Waals surface area contributed by atoms with Crippen LogP contribution in [0.1, 0.15) is 17.2 Å². The van der Waals surface area contributed by atoms with Crippen molar-refractivity contribution in [1.82, 2.24) is 14.8 Å². The quantitative estimate of drug-likeness (QED) is 0.207. The molecule has 4 aromatic rings. The molecule has 0 spiro atoms. The lowest BCUT2D eigenvalue weighted by molar-refractivity contribution is -0.215. The largest absolute Gasteiger partial charge is 0.475 e. The highest BCUT2D eigenvalue weighted by atomic mass is 32.2. The molecule has 19 heteroatoms. The highest BCUT2D eigenvalue weighted by Crippen LogP contribution is 2.42. The number of hydrogen-bond donors (Lipinski definition) is 1. The van der Waals surface area contributed by atoms with Crippen molar-refractivity contribution in [1.29, 1.82) is 0 Å². The van der Waals surface area contributed by atoms with Gasteiger partial charge in [-0.1, -0.05) is 23.9 Å². The fourth-order valence-electron chi connectivity index (χ4n) is 4.55. The van der Waals surface area contributed by atoms with Gasteiger partial charge in [-0.25, -0.2) is 23.1 Å². The van der Waals surface area contributed by atoms with Gasteiger partial charge >= 0.3 is 17.7 Å². The van der Waals surface area contributed by atoms with Crippen LogP contribution in [0.3, 0.4) is 0 Å². The van der Waals surface area contributed by atoms with Gasteiger partial charge in [0.2, 0.25) is 5.91 Å². The molecule has 3 aromatic carbocycles. The molecule has 5 rings (SSSR count). The Morgan fingerprint density at radius 2 is 1.77 bits per heavy atom. The summed E-state index contributed by atoms with van der Waals surface area (Å²) in [5, 5.41) is 6.18. The first-order valence-corrected chi connectivity index (χ1v) is 15.6. The van der Waals surface area contributed by atoms with Crippen LogP contribution < -0.4 is 10.2 Å². The summed E-state index contributed by atoms with van der Waals surface area (Å²) < 4.78 is 112. The average Bonchev–Trinajstić information content (AvgIpc) is 3.65. The van der Waals surface area contributed by atoms with E-state index in [2.05, 4.69) is 25.1 Å². The molecule has 1 N–H and O–H groups in total. The standard InChI is InChI=1S/C29H21F7N6O4S2/c1-15-3-9-19(24(46-2)28(31,32)33)22(11-15)42-23(43)13-47-27(42)39-26(44)38-21-10-4-16(12-20(21)30)25-37-14-41(40-25)17-5-7-18(8-6-17)48(45)29(34,35)36/h3-12,14,24H,13H2,1-2H3,(H,38,44). The Kier molecular flexibility index (Phi) is 9.74. The molecule has 1 aliphatic heterocycles. The molecular weight excluding hydrogens is 693 g/mol. The molecule has 10 nitrogen and oxygen atoms in total. The fraction of sp³-hybridized carbons (Fsp3) is 0.207. The van der Waals surface area contributed by atoms with Gasteiger partial charge in [0, 0.05) is 23.1 Å². The van der Waals surface area contributed by atoms with Crippen LogP contribution in [0.5, 0.6) is 0 Å². The van der Waals surface area contributed by atoms with Crippen LogP contribution in [-0.2, 0) is 20.3 Å². The number of ether oxygens (including phenoxy) is 1. The number of nitrogens with one attached hydrogen (secondary N) is 1. The number of amidine groups is 1. The zero-order chi connectivity index (χ0) is 35.0. The smallest absolute Gasteiger partial charge is 0.367 e. The van der Waals surface area contributed by atoms with Crippen molar-refractivity contribution in [3.8, 4) is 17.1 Å². The van der Waals surface area contributed by atoms with E-state index in [4.69, 9.17) is 0 Å². The zero-order valence-electron chi connectivity index (χ0n) is 24.5. The lowest BCUT2D eigenvalue weighted by atomic mass is 10.0. The molecule has 0 bridgehead atoms. The molecule has 252 valence electrons. The maximum atomic E-state index is 15.1. The molecule has 1 saturated heterocycles. The fourth-order valence-corrected chi connectivity index (χ4v) is 6.06. The maximum absolute atomic E-state index is 15.1. The lowest BCUT2D eigenvalue weighted by Crippen LogP contribution is -2.33. The number of aromatic nitrogens is 3. The Bertz CT molecular complexity index is 1930. The second-order valence-electron chi connectivity index (χ2n) is 9.98. The Balaban J connectivity index is 1.34. The number of carbonyl (C=O) groups is 2. The second kappa shape index (κ2) is 13.5. The van der Waals surface area contributed by atoms with Crippen molar-refractivity contribution < 1.29 is 49.3 Å². The Labute approximate surface area is 273 Å². The summed E-state index contributed by atoms with van der Waals surface area (Å²) in [5.41, 5.74) is -4.81. The van der Waals surface area contributed by atoms with E-state index < -0.39 is 51.2 Å². The second-order valence-corrected chi connectivity index (χ2v) is 12.4. The Hall–Kier alpha value is -4.62. The van der Waals surface area contributed by atoms with Gasteiger partial charge in [-0.15, -0.1) is 5.10 Å². The van der Waals surface area contributed by atoms with Gasteiger partial charge in [0.1, 0.15) is 12.1 Å². The number of thioether (sulfide) groups is 1. The van der Waals surface area contributed by atoms with Crippen LogP contribution in [-0.4, -0.2) is 60.6 Å². The average molecular weight is 715 g/mol. The first kappa shape index (κ1) is 34.7. The molecule has 0 saturated carbocycles. The molecule has 3 amide bonds. The van der Waals surface area contributed by atoms with Crippen LogP contribution in [0.15, 0.2) is 76.9 Å². The van der Waals surface area contributed by atoms with E-state index in [1.54, 1.807) is 6.92 Å². The van der Waals surface area contributed by atoms with E-state index in [-0.39, 0.29) is 44.9 Å². The molecule has 48 heavy (non-hydrogen) atoms. The van der Waals surface area contributed by atoms with Crippen LogP contribution in [0.25, 0.3) is 17.1 Å². The first-order chi connectivity index (χ1) is 22.6. The zero-order valence-corrected chi connectivity index (χ0v) is 26.1. The molecule has 0 radical (unpaired) electrons. The Morgan fingerprint density at radius 1 is 1.06 bits per heavy atom. The summed E-state index contributed by atoms with van der Waals surface area (Å²) in [4.78, 5) is 33.9. The minimum Gasteiger partial charge on any atom is -0.367 e. The van der Waals surface area contributed by atoms with Gasteiger partial charge in [0.25, 0.3) is 0 Å². The van der Waals surface area contributed by atoms with Crippen LogP contribution >= 0.6 is 11.8 Å². The highest BCUT2D eigenvalue weighted by molar-refractivity contribution is 8.15. The van der Waals surface area contributed by atoms with E-state index in [1.807, 2.05) is 0 Å². The van der Waals surface area contributed by atoms with Crippen molar-refractivity contribution in [3.63, 3.8) is 0 Å². The number of nitrogens with zero attached hydrogens (tertiary/aromatic N) is 5. The number of carbonyl (C=O) groups excluding carboxylic acids is 2. The van der Waals surface area contributed by atoms with Gasteiger partial charge in [-0.2, -0.15) is 31.3 Å². The number of halogens is 7. The molecule has 1 aliphatic rings. The molecule has 1 aromatic heterocycles. The summed E-state index contributed by atoms with van der Waals surface area (Å²) >= 11 is 0.807. The first-order valence-electron chi connectivity index (χ1n) is 13.4. The molecular formula is C29H21F7N6O4S2. The van der Waals surface area contributed by atoms with E-state index in [1.165, 1.54) is 53.5 Å². The van der Waals surface area contributed by atoms with Gasteiger partial charge < -0.3 is 10.1 Å². The van der Waals surface area contributed by atoms with Crippen molar-refractivity contribution in [2.45, 2.75) is 29.6 Å². The number of methoxy groups -OCH3 is 1. The third kappa shape index (κ3) is 7.42. The topological polar surface area (TPSA) is 119 Å². The van der Waals surface area contributed by atoms with E-state index >= 15 is 4.39 Å². The molecule has 2 atom stereocenters.